The van der Waals surface area contributed by atoms with E-state index in [2.05, 4.69) is 21.3 Å². The molecular formula is C30H30N4O2S2. The van der Waals surface area contributed by atoms with Gasteiger partial charge in [0.2, 0.25) is 0 Å². The number of aryl methyl sites for hydroxylation is 1. The highest BCUT2D eigenvalue weighted by Gasteiger charge is 2.11. The van der Waals surface area contributed by atoms with E-state index >= 15 is 0 Å². The lowest BCUT2D eigenvalue weighted by Gasteiger charge is -2.14. The number of amides is 4. The summed E-state index contributed by atoms with van der Waals surface area (Å²) < 4.78 is 0. The summed E-state index contributed by atoms with van der Waals surface area (Å²) in [4.78, 5) is 27.6. The van der Waals surface area contributed by atoms with Crippen molar-refractivity contribution < 1.29 is 9.59 Å². The number of carbonyl (C=O) groups is 2. The molecule has 0 spiro atoms. The normalized spacial score (nSPS) is 10.5. The van der Waals surface area contributed by atoms with Crippen molar-refractivity contribution in [3.63, 3.8) is 0 Å². The number of nitrogens with one attached hydrogen (secondary N) is 4. The molecule has 0 atom stereocenters. The van der Waals surface area contributed by atoms with Crippen LogP contribution in [0.25, 0.3) is 0 Å². The minimum Gasteiger partial charge on any atom is -0.308 e. The van der Waals surface area contributed by atoms with Gasteiger partial charge in [0.1, 0.15) is 0 Å². The second-order valence-corrected chi connectivity index (χ2v) is 10.4. The molecule has 0 saturated carbocycles. The summed E-state index contributed by atoms with van der Waals surface area (Å²) in [6.45, 7) is 1.96. The molecule has 38 heavy (non-hydrogen) atoms. The molecule has 0 bridgehead atoms. The largest absolute Gasteiger partial charge is 0.323 e. The Labute approximate surface area is 232 Å². The molecule has 0 aromatic heterocycles. The molecule has 6 nitrogen and oxygen atoms in total. The molecule has 4 rings (SSSR count). The number of para-hydroxylation sites is 1. The van der Waals surface area contributed by atoms with Crippen molar-refractivity contribution in [2.45, 2.75) is 23.1 Å². The van der Waals surface area contributed by atoms with Crippen molar-refractivity contribution in [1.29, 1.82) is 0 Å². The van der Waals surface area contributed by atoms with Gasteiger partial charge in [0.25, 0.3) is 0 Å². The van der Waals surface area contributed by atoms with Gasteiger partial charge in [0.05, 0.1) is 0 Å². The zero-order chi connectivity index (χ0) is 26.9. The maximum atomic E-state index is 12.7. The zero-order valence-corrected chi connectivity index (χ0v) is 23.1. The van der Waals surface area contributed by atoms with E-state index in [-0.39, 0.29) is 12.1 Å². The van der Waals surface area contributed by atoms with Crippen molar-refractivity contribution in [3.8, 4) is 0 Å². The monoisotopic (exact) mass is 542 g/mol. The number of thioether (sulfide) groups is 2. The van der Waals surface area contributed by atoms with Gasteiger partial charge in [-0.05, 0) is 97.1 Å². The van der Waals surface area contributed by atoms with Crippen LogP contribution in [0.4, 0.5) is 32.3 Å². The van der Waals surface area contributed by atoms with E-state index in [9.17, 15) is 9.59 Å². The van der Waals surface area contributed by atoms with E-state index in [1.165, 1.54) is 0 Å². The highest BCUT2D eigenvalue weighted by Crippen LogP contribution is 2.25. The predicted octanol–water partition coefficient (Wildman–Crippen LogP) is 8.32. The van der Waals surface area contributed by atoms with Gasteiger partial charge < -0.3 is 21.3 Å². The van der Waals surface area contributed by atoms with Crippen molar-refractivity contribution in [1.82, 2.24) is 0 Å². The molecule has 0 radical (unpaired) electrons. The summed E-state index contributed by atoms with van der Waals surface area (Å²) in [5.74, 6) is 0. The number of urea groups is 2. The standard InChI is InChI=1S/C30H30N4O2S2/c1-20-11-12-21(18-28(20)34-30(36)32-24-8-6-9-26(19-24)38-3)17-22-7-4-5-10-27(22)33-29(35)31-23-13-15-25(37-2)16-14-23/h4-16,18-19H,17H2,1-3H3,(H2,31,33,35)(H2,32,34,36). The van der Waals surface area contributed by atoms with Crippen LogP contribution in [0.2, 0.25) is 0 Å². The number of hydrogen-bond acceptors (Lipinski definition) is 4. The number of carbonyl (C=O) groups excluding carboxylic acids is 2. The van der Waals surface area contributed by atoms with Crippen LogP contribution in [0.5, 0.6) is 0 Å². The van der Waals surface area contributed by atoms with E-state index in [1.54, 1.807) is 23.5 Å². The molecule has 4 N–H and O–H groups in total. The van der Waals surface area contributed by atoms with Crippen LogP contribution in [0, 0.1) is 6.92 Å². The second-order valence-electron chi connectivity index (χ2n) is 8.60. The molecule has 0 heterocycles. The van der Waals surface area contributed by atoms with Gasteiger partial charge in [-0.1, -0.05) is 36.4 Å². The van der Waals surface area contributed by atoms with Crippen LogP contribution < -0.4 is 21.3 Å². The van der Waals surface area contributed by atoms with Gasteiger partial charge in [-0.15, -0.1) is 23.5 Å². The average Bonchev–Trinajstić information content (AvgIpc) is 2.92. The summed E-state index contributed by atoms with van der Waals surface area (Å²) in [5.41, 5.74) is 5.86. The minimum absolute atomic E-state index is 0.298. The van der Waals surface area contributed by atoms with Gasteiger partial charge in [-0.25, -0.2) is 9.59 Å². The molecule has 0 aliphatic carbocycles. The van der Waals surface area contributed by atoms with Crippen LogP contribution in [-0.4, -0.2) is 24.6 Å². The summed E-state index contributed by atoms with van der Waals surface area (Å²) in [6.07, 6.45) is 4.60. The summed E-state index contributed by atoms with van der Waals surface area (Å²) in [5, 5.41) is 11.7. The van der Waals surface area contributed by atoms with E-state index in [1.807, 2.05) is 110 Å². The number of rotatable bonds is 8. The minimum atomic E-state index is -0.303. The first-order valence-corrected chi connectivity index (χ1v) is 14.5. The van der Waals surface area contributed by atoms with Crippen molar-refractivity contribution >= 4 is 58.3 Å². The fourth-order valence-electron chi connectivity index (χ4n) is 3.87. The lowest BCUT2D eigenvalue weighted by Crippen LogP contribution is -2.20. The third-order valence-corrected chi connectivity index (χ3v) is 7.35. The number of benzene rings is 4. The Balaban J connectivity index is 1.42. The fourth-order valence-corrected chi connectivity index (χ4v) is 4.74. The zero-order valence-electron chi connectivity index (χ0n) is 21.5. The lowest BCUT2D eigenvalue weighted by atomic mass is 10.0. The first-order valence-electron chi connectivity index (χ1n) is 12.0. The van der Waals surface area contributed by atoms with Crippen LogP contribution in [0.15, 0.2) is 101 Å². The van der Waals surface area contributed by atoms with Crippen LogP contribution in [0.3, 0.4) is 0 Å². The fraction of sp³-hybridized carbons (Fsp3) is 0.133. The molecular weight excluding hydrogens is 512 g/mol. The lowest BCUT2D eigenvalue weighted by molar-refractivity contribution is 0.261. The molecule has 0 fully saturated rings. The molecule has 8 heteroatoms. The maximum Gasteiger partial charge on any atom is 0.323 e. The third kappa shape index (κ3) is 7.57. The molecule has 194 valence electrons. The van der Waals surface area contributed by atoms with E-state index in [0.717, 1.165) is 49.2 Å². The topological polar surface area (TPSA) is 82.3 Å². The van der Waals surface area contributed by atoms with Gasteiger partial charge in [-0.2, -0.15) is 0 Å². The number of hydrogen-bond donors (Lipinski definition) is 4. The molecule has 4 aromatic rings. The first-order chi connectivity index (χ1) is 18.4. The van der Waals surface area contributed by atoms with Crippen molar-refractivity contribution in [2.75, 3.05) is 33.8 Å². The Morgan fingerprint density at radius 3 is 2.05 bits per heavy atom. The number of anilines is 4. The van der Waals surface area contributed by atoms with Crippen LogP contribution in [0.1, 0.15) is 16.7 Å². The van der Waals surface area contributed by atoms with Crippen molar-refractivity contribution in [2.24, 2.45) is 0 Å². The summed E-state index contributed by atoms with van der Waals surface area (Å²) in [6, 6.07) is 28.5. The SMILES string of the molecule is CSc1ccc(NC(=O)Nc2ccccc2Cc2ccc(C)c(NC(=O)Nc3cccc(SC)c3)c2)cc1. The van der Waals surface area contributed by atoms with E-state index in [4.69, 9.17) is 0 Å². The molecule has 4 amide bonds. The molecule has 0 aliphatic rings. The van der Waals surface area contributed by atoms with Gasteiger partial charge in [-0.3, -0.25) is 0 Å². The Bertz CT molecular complexity index is 1420. The van der Waals surface area contributed by atoms with Crippen LogP contribution >= 0.6 is 23.5 Å². The Morgan fingerprint density at radius 2 is 1.32 bits per heavy atom. The smallest absolute Gasteiger partial charge is 0.308 e. The second kappa shape index (κ2) is 13.1. The average molecular weight is 543 g/mol. The third-order valence-electron chi connectivity index (χ3n) is 5.89. The Kier molecular flexibility index (Phi) is 9.35. The molecule has 0 aliphatic heterocycles. The molecule has 0 saturated heterocycles. The quantitative estimate of drug-likeness (QED) is 0.169. The summed E-state index contributed by atoms with van der Waals surface area (Å²) in [7, 11) is 0. The summed E-state index contributed by atoms with van der Waals surface area (Å²) >= 11 is 3.28. The van der Waals surface area contributed by atoms with Gasteiger partial charge in [0.15, 0.2) is 0 Å². The molecule has 4 aromatic carbocycles. The highest BCUT2D eigenvalue weighted by molar-refractivity contribution is 7.98. The van der Waals surface area contributed by atoms with Crippen LogP contribution in [-0.2, 0) is 6.42 Å². The van der Waals surface area contributed by atoms with E-state index < -0.39 is 0 Å². The first kappa shape index (κ1) is 27.2. The highest BCUT2D eigenvalue weighted by atomic mass is 32.2. The van der Waals surface area contributed by atoms with Gasteiger partial charge >= 0.3 is 12.1 Å². The predicted molar refractivity (Wildman–Crippen MR) is 162 cm³/mol. The Morgan fingerprint density at radius 1 is 0.632 bits per heavy atom. The molecule has 0 unspecified atom stereocenters. The Hall–Kier alpha value is -3.88. The van der Waals surface area contributed by atoms with E-state index in [0.29, 0.717) is 6.42 Å². The van der Waals surface area contributed by atoms with Crippen molar-refractivity contribution in [3.05, 3.63) is 108 Å². The van der Waals surface area contributed by atoms with Gasteiger partial charge in [0, 0.05) is 32.5 Å². The maximum absolute atomic E-state index is 12.7.